The summed E-state index contributed by atoms with van der Waals surface area (Å²) in [5.41, 5.74) is 4.82. The number of ether oxygens (including phenoxy) is 1. The largest absolute Gasteiger partial charge is 0.497 e. The Bertz CT molecular complexity index is 1040. The van der Waals surface area contributed by atoms with Crippen molar-refractivity contribution >= 4 is 23.4 Å². The lowest BCUT2D eigenvalue weighted by molar-refractivity contribution is -0.128. The summed E-state index contributed by atoms with van der Waals surface area (Å²) < 4.78 is 7.10. The minimum Gasteiger partial charge on any atom is -0.497 e. The smallest absolute Gasteiger partial charge is 0.233 e. The van der Waals surface area contributed by atoms with Crippen molar-refractivity contribution in [2.75, 3.05) is 43.9 Å². The molecule has 162 valence electrons. The first-order chi connectivity index (χ1) is 15.1. The zero-order valence-corrected chi connectivity index (χ0v) is 18.9. The second kappa shape index (κ2) is 9.43. The Balaban J connectivity index is 1.33. The number of benzene rings is 2. The van der Waals surface area contributed by atoms with Crippen LogP contribution < -0.4 is 9.64 Å². The Labute approximate surface area is 187 Å². The summed E-state index contributed by atoms with van der Waals surface area (Å²) >= 11 is 1.42. The summed E-state index contributed by atoms with van der Waals surface area (Å²) in [6, 6.07) is 14.1. The van der Waals surface area contributed by atoms with Gasteiger partial charge in [0.15, 0.2) is 5.16 Å². The van der Waals surface area contributed by atoms with Crippen LogP contribution in [0.1, 0.15) is 11.1 Å². The zero-order valence-electron chi connectivity index (χ0n) is 18.1. The van der Waals surface area contributed by atoms with Gasteiger partial charge in [0.25, 0.3) is 0 Å². The van der Waals surface area contributed by atoms with Gasteiger partial charge >= 0.3 is 0 Å². The molecule has 8 heteroatoms. The molecule has 0 bridgehead atoms. The second-order valence-corrected chi connectivity index (χ2v) is 8.50. The third kappa shape index (κ3) is 4.69. The van der Waals surface area contributed by atoms with E-state index in [9.17, 15) is 4.79 Å². The Morgan fingerprint density at radius 2 is 1.81 bits per heavy atom. The van der Waals surface area contributed by atoms with Crippen molar-refractivity contribution in [3.63, 3.8) is 0 Å². The first-order valence-electron chi connectivity index (χ1n) is 10.3. The van der Waals surface area contributed by atoms with Crippen LogP contribution in [0, 0.1) is 13.8 Å². The molecule has 2 heterocycles. The van der Waals surface area contributed by atoms with Crippen LogP contribution >= 0.6 is 11.8 Å². The van der Waals surface area contributed by atoms with Crippen molar-refractivity contribution in [1.29, 1.82) is 0 Å². The highest BCUT2D eigenvalue weighted by atomic mass is 32.2. The number of hydrogen-bond acceptors (Lipinski definition) is 6. The van der Waals surface area contributed by atoms with Gasteiger partial charge in [0.05, 0.1) is 12.9 Å². The number of carbonyl (C=O) groups excluding carboxylic acids is 1. The normalized spacial score (nSPS) is 14.0. The molecule has 4 rings (SSSR count). The molecule has 3 aromatic rings. The summed E-state index contributed by atoms with van der Waals surface area (Å²) in [4.78, 5) is 17.1. The number of hydrogen-bond donors (Lipinski definition) is 0. The first kappa shape index (κ1) is 21.2. The molecule has 0 saturated carbocycles. The van der Waals surface area contributed by atoms with E-state index in [0.717, 1.165) is 37.6 Å². The van der Waals surface area contributed by atoms with Gasteiger partial charge in [0.1, 0.15) is 12.1 Å². The SMILES string of the molecule is COc1ccc(-n2cnnc2SCC(=O)N2CCN(c3cccc(C)c3C)CC2)cc1. The van der Waals surface area contributed by atoms with Crippen molar-refractivity contribution in [3.05, 3.63) is 59.9 Å². The predicted molar refractivity (Wildman–Crippen MR) is 123 cm³/mol. The molecule has 7 nitrogen and oxygen atoms in total. The summed E-state index contributed by atoms with van der Waals surface area (Å²) in [5.74, 6) is 1.27. The van der Waals surface area contributed by atoms with Crippen LogP contribution in [0.5, 0.6) is 5.75 Å². The Kier molecular flexibility index (Phi) is 6.46. The molecular weight excluding hydrogens is 410 g/mol. The van der Waals surface area contributed by atoms with E-state index in [1.54, 1.807) is 13.4 Å². The van der Waals surface area contributed by atoms with Crippen molar-refractivity contribution in [3.8, 4) is 11.4 Å². The van der Waals surface area contributed by atoms with E-state index in [1.807, 2.05) is 33.7 Å². The number of nitrogens with zero attached hydrogens (tertiary/aromatic N) is 5. The molecule has 0 radical (unpaired) electrons. The maximum absolute atomic E-state index is 12.8. The number of aromatic nitrogens is 3. The minimum atomic E-state index is 0.134. The maximum atomic E-state index is 12.8. The molecule has 0 spiro atoms. The van der Waals surface area contributed by atoms with Crippen molar-refractivity contribution in [2.45, 2.75) is 19.0 Å². The van der Waals surface area contributed by atoms with Gasteiger partial charge in [-0.1, -0.05) is 23.9 Å². The van der Waals surface area contributed by atoms with Crippen LogP contribution in [-0.2, 0) is 4.79 Å². The fourth-order valence-electron chi connectivity index (χ4n) is 3.74. The predicted octanol–water partition coefficient (Wildman–Crippen LogP) is 3.33. The van der Waals surface area contributed by atoms with Crippen LogP contribution in [0.3, 0.4) is 0 Å². The summed E-state index contributed by atoms with van der Waals surface area (Å²) in [6.45, 7) is 7.47. The number of carbonyl (C=O) groups is 1. The van der Waals surface area contributed by atoms with E-state index in [1.165, 1.54) is 28.6 Å². The lowest BCUT2D eigenvalue weighted by Crippen LogP contribution is -2.49. The molecule has 0 aliphatic carbocycles. The van der Waals surface area contributed by atoms with Gasteiger partial charge in [-0.3, -0.25) is 9.36 Å². The van der Waals surface area contributed by atoms with E-state index in [4.69, 9.17) is 4.74 Å². The lowest BCUT2D eigenvalue weighted by Gasteiger charge is -2.37. The highest BCUT2D eigenvalue weighted by Gasteiger charge is 2.23. The molecule has 1 aliphatic rings. The Morgan fingerprint density at radius 1 is 1.06 bits per heavy atom. The molecule has 1 fully saturated rings. The summed E-state index contributed by atoms with van der Waals surface area (Å²) in [5, 5.41) is 8.91. The third-order valence-corrected chi connectivity index (χ3v) is 6.67. The van der Waals surface area contributed by atoms with Gasteiger partial charge in [-0.2, -0.15) is 0 Å². The van der Waals surface area contributed by atoms with E-state index in [0.29, 0.717) is 10.9 Å². The molecule has 1 aromatic heterocycles. The molecule has 31 heavy (non-hydrogen) atoms. The maximum Gasteiger partial charge on any atom is 0.233 e. The fraction of sp³-hybridized carbons (Fsp3) is 0.348. The van der Waals surface area contributed by atoms with Crippen LogP contribution in [0.4, 0.5) is 5.69 Å². The van der Waals surface area contributed by atoms with E-state index in [-0.39, 0.29) is 5.91 Å². The van der Waals surface area contributed by atoms with Crippen LogP contribution in [0.2, 0.25) is 0 Å². The Morgan fingerprint density at radius 3 is 2.52 bits per heavy atom. The van der Waals surface area contributed by atoms with Gasteiger partial charge < -0.3 is 14.5 Å². The third-order valence-electron chi connectivity index (χ3n) is 5.74. The summed E-state index contributed by atoms with van der Waals surface area (Å²) in [6.07, 6.45) is 1.66. The number of thioether (sulfide) groups is 1. The standard InChI is InChI=1S/C23H27N5O2S/c1-17-5-4-6-21(18(17)2)26-11-13-27(14-12-26)22(29)15-31-23-25-24-16-28(23)19-7-9-20(30-3)10-8-19/h4-10,16H,11-15H2,1-3H3. The molecule has 0 N–H and O–H groups in total. The van der Waals surface area contributed by atoms with Gasteiger partial charge in [-0.25, -0.2) is 0 Å². The second-order valence-electron chi connectivity index (χ2n) is 7.56. The monoisotopic (exact) mass is 437 g/mol. The minimum absolute atomic E-state index is 0.134. The number of methoxy groups -OCH3 is 1. The molecule has 1 aliphatic heterocycles. The van der Waals surface area contributed by atoms with Crippen LogP contribution in [0.15, 0.2) is 53.9 Å². The van der Waals surface area contributed by atoms with Crippen molar-refractivity contribution < 1.29 is 9.53 Å². The topological polar surface area (TPSA) is 63.5 Å². The first-order valence-corrected chi connectivity index (χ1v) is 11.3. The van der Waals surface area contributed by atoms with Gasteiger partial charge in [0.2, 0.25) is 5.91 Å². The van der Waals surface area contributed by atoms with Gasteiger partial charge in [-0.05, 0) is 55.3 Å². The number of aryl methyl sites for hydroxylation is 1. The van der Waals surface area contributed by atoms with Gasteiger partial charge in [-0.15, -0.1) is 10.2 Å². The number of amides is 1. The number of anilines is 1. The average molecular weight is 438 g/mol. The van der Waals surface area contributed by atoms with Gasteiger partial charge in [0, 0.05) is 37.6 Å². The van der Waals surface area contributed by atoms with E-state index >= 15 is 0 Å². The quantitative estimate of drug-likeness (QED) is 0.551. The molecule has 1 saturated heterocycles. The lowest BCUT2D eigenvalue weighted by atomic mass is 10.1. The highest BCUT2D eigenvalue weighted by Crippen LogP contribution is 2.25. The molecular formula is C23H27N5O2S. The van der Waals surface area contributed by atoms with Crippen LogP contribution in [0.25, 0.3) is 5.69 Å². The summed E-state index contributed by atoms with van der Waals surface area (Å²) in [7, 11) is 1.64. The number of piperazine rings is 1. The van der Waals surface area contributed by atoms with Crippen molar-refractivity contribution in [1.82, 2.24) is 19.7 Å². The average Bonchev–Trinajstić information content (AvgIpc) is 3.28. The number of rotatable bonds is 6. The fourth-order valence-corrected chi connectivity index (χ4v) is 4.57. The van der Waals surface area contributed by atoms with Crippen molar-refractivity contribution in [2.24, 2.45) is 0 Å². The molecule has 1 amide bonds. The van der Waals surface area contributed by atoms with Crippen LogP contribution in [-0.4, -0.2) is 64.6 Å². The van der Waals surface area contributed by atoms with E-state index < -0.39 is 0 Å². The zero-order chi connectivity index (χ0) is 21.8. The molecule has 2 aromatic carbocycles. The highest BCUT2D eigenvalue weighted by molar-refractivity contribution is 7.99. The molecule has 0 atom stereocenters. The molecule has 0 unspecified atom stereocenters. The van der Waals surface area contributed by atoms with E-state index in [2.05, 4.69) is 47.1 Å². The Hall–Kier alpha value is -3.00.